The van der Waals surface area contributed by atoms with E-state index in [2.05, 4.69) is 53.3 Å². The maximum Gasteiger partial charge on any atom is 0.416 e. The number of rotatable bonds is 4. The number of benzene rings is 3. The molecule has 0 bridgehead atoms. The maximum atomic E-state index is 12.8. The first-order valence-corrected chi connectivity index (χ1v) is 12.2. The monoisotopic (exact) mass is 469 g/mol. The summed E-state index contributed by atoms with van der Waals surface area (Å²) in [7, 11) is 0. The maximum absolute atomic E-state index is 12.8. The van der Waals surface area contributed by atoms with E-state index < -0.39 is 11.7 Å². The summed E-state index contributed by atoms with van der Waals surface area (Å²) in [5, 5.41) is 0. The van der Waals surface area contributed by atoms with Crippen molar-refractivity contribution in [2.45, 2.75) is 54.8 Å². The Morgan fingerprint density at radius 1 is 0.818 bits per heavy atom. The Morgan fingerprint density at radius 3 is 2.03 bits per heavy atom. The summed E-state index contributed by atoms with van der Waals surface area (Å²) in [4.78, 5) is 0.774. The molecular formula is C27H26F3NOS. The van der Waals surface area contributed by atoms with E-state index in [9.17, 15) is 13.2 Å². The van der Waals surface area contributed by atoms with E-state index in [1.54, 1.807) is 0 Å². The molecule has 5 rings (SSSR count). The van der Waals surface area contributed by atoms with E-state index in [-0.39, 0.29) is 18.1 Å². The third kappa shape index (κ3) is 4.98. The summed E-state index contributed by atoms with van der Waals surface area (Å²) >= 11 is 1.40. The standard InChI is InChI=1S/C27H26F3NOS/c28-27(29,30)20-11-13-22(14-12-20)33-31-21-15-16-32-25(17-21)26-23-7-3-1-5-18(23)9-10-19-6-2-4-8-24(19)26/h1-8,11-14,21,25-26,31H,9-10,15-17H2. The van der Waals surface area contributed by atoms with Gasteiger partial charge in [-0.25, -0.2) is 0 Å². The minimum absolute atomic E-state index is 0.0462. The number of alkyl halides is 3. The van der Waals surface area contributed by atoms with Crippen LogP contribution in [-0.4, -0.2) is 18.8 Å². The molecule has 1 aliphatic carbocycles. The summed E-state index contributed by atoms with van der Waals surface area (Å²) in [5.41, 5.74) is 4.85. The van der Waals surface area contributed by atoms with Crippen LogP contribution in [0.25, 0.3) is 0 Å². The smallest absolute Gasteiger partial charge is 0.377 e. The van der Waals surface area contributed by atoms with Crippen LogP contribution in [-0.2, 0) is 23.8 Å². The van der Waals surface area contributed by atoms with Crippen molar-refractivity contribution in [1.82, 2.24) is 4.72 Å². The van der Waals surface area contributed by atoms with Crippen molar-refractivity contribution >= 4 is 11.9 Å². The van der Waals surface area contributed by atoms with Gasteiger partial charge >= 0.3 is 6.18 Å². The molecule has 1 saturated heterocycles. The van der Waals surface area contributed by atoms with Crippen LogP contribution in [0, 0.1) is 0 Å². The molecule has 1 heterocycles. The molecule has 0 aromatic heterocycles. The zero-order valence-electron chi connectivity index (χ0n) is 18.1. The normalized spacial score (nSPS) is 21.2. The molecule has 3 aromatic carbocycles. The van der Waals surface area contributed by atoms with Crippen LogP contribution >= 0.6 is 11.9 Å². The second-order valence-corrected chi connectivity index (χ2v) is 9.66. The topological polar surface area (TPSA) is 21.3 Å². The van der Waals surface area contributed by atoms with Gasteiger partial charge in [0.15, 0.2) is 0 Å². The average molecular weight is 470 g/mol. The molecule has 3 aromatic rings. The second kappa shape index (κ2) is 9.53. The number of aryl methyl sites for hydroxylation is 2. The summed E-state index contributed by atoms with van der Waals surface area (Å²) < 4.78 is 48.3. The van der Waals surface area contributed by atoms with Crippen molar-refractivity contribution in [1.29, 1.82) is 0 Å². The van der Waals surface area contributed by atoms with Crippen molar-refractivity contribution in [2.24, 2.45) is 0 Å². The molecule has 2 atom stereocenters. The zero-order valence-corrected chi connectivity index (χ0v) is 19.0. The first-order valence-electron chi connectivity index (χ1n) is 11.4. The van der Waals surface area contributed by atoms with Gasteiger partial charge in [-0.15, -0.1) is 0 Å². The lowest BCUT2D eigenvalue weighted by Gasteiger charge is -2.36. The summed E-state index contributed by atoms with van der Waals surface area (Å²) in [5.74, 6) is 0.181. The molecule has 2 nitrogen and oxygen atoms in total. The van der Waals surface area contributed by atoms with Crippen molar-refractivity contribution in [3.63, 3.8) is 0 Å². The van der Waals surface area contributed by atoms with Gasteiger partial charge in [0.2, 0.25) is 0 Å². The van der Waals surface area contributed by atoms with Crippen molar-refractivity contribution in [3.05, 3.63) is 101 Å². The van der Waals surface area contributed by atoms with E-state index >= 15 is 0 Å². The van der Waals surface area contributed by atoms with Gasteiger partial charge in [-0.2, -0.15) is 13.2 Å². The minimum Gasteiger partial charge on any atom is -0.377 e. The van der Waals surface area contributed by atoms with Gasteiger partial charge < -0.3 is 4.74 Å². The lowest BCUT2D eigenvalue weighted by Crippen LogP contribution is -2.39. The quantitative estimate of drug-likeness (QED) is 0.426. The summed E-state index contributed by atoms with van der Waals surface area (Å²) in [6.45, 7) is 0.663. The van der Waals surface area contributed by atoms with Crippen LogP contribution in [0.1, 0.15) is 46.6 Å². The number of halogens is 3. The molecule has 0 saturated carbocycles. The van der Waals surface area contributed by atoms with E-state index in [1.165, 1.54) is 46.3 Å². The van der Waals surface area contributed by atoms with E-state index in [0.717, 1.165) is 42.7 Å². The number of nitrogens with one attached hydrogen (secondary N) is 1. The third-order valence-corrected chi connectivity index (χ3v) is 7.61. The van der Waals surface area contributed by atoms with Gasteiger partial charge in [0.25, 0.3) is 0 Å². The largest absolute Gasteiger partial charge is 0.416 e. The fraction of sp³-hybridized carbons (Fsp3) is 0.333. The Hall–Kier alpha value is -2.28. The molecule has 0 spiro atoms. The molecule has 6 heteroatoms. The Balaban J connectivity index is 1.33. The van der Waals surface area contributed by atoms with Crippen LogP contribution in [0.15, 0.2) is 77.7 Å². The number of hydrogen-bond acceptors (Lipinski definition) is 3. The van der Waals surface area contributed by atoms with E-state index in [4.69, 9.17) is 4.74 Å². The Morgan fingerprint density at radius 2 is 1.42 bits per heavy atom. The lowest BCUT2D eigenvalue weighted by atomic mass is 9.80. The molecule has 1 fully saturated rings. The number of ether oxygens (including phenoxy) is 1. The van der Waals surface area contributed by atoms with Crippen LogP contribution in [0.4, 0.5) is 13.2 Å². The molecule has 1 N–H and O–H groups in total. The second-order valence-electron chi connectivity index (χ2n) is 8.75. The van der Waals surface area contributed by atoms with E-state index in [1.807, 2.05) is 0 Å². The molecule has 172 valence electrons. The highest BCUT2D eigenvalue weighted by Gasteiger charge is 2.35. The van der Waals surface area contributed by atoms with Crippen molar-refractivity contribution in [2.75, 3.05) is 6.61 Å². The first-order chi connectivity index (χ1) is 16.0. The van der Waals surface area contributed by atoms with Gasteiger partial charge in [-0.3, -0.25) is 4.72 Å². The fourth-order valence-corrected chi connectivity index (χ4v) is 5.79. The summed E-state index contributed by atoms with van der Waals surface area (Å²) in [6.07, 6.45) is -0.481. The third-order valence-electron chi connectivity index (χ3n) is 6.66. The van der Waals surface area contributed by atoms with Crippen molar-refractivity contribution in [3.8, 4) is 0 Å². The van der Waals surface area contributed by atoms with Gasteiger partial charge in [-0.05, 0) is 84.2 Å². The molecular weight excluding hydrogens is 443 g/mol. The number of hydrogen-bond donors (Lipinski definition) is 1. The van der Waals surface area contributed by atoms with Crippen LogP contribution < -0.4 is 4.72 Å². The van der Waals surface area contributed by atoms with Gasteiger partial charge in [0.1, 0.15) is 0 Å². The minimum atomic E-state index is -4.31. The molecule has 2 unspecified atom stereocenters. The molecule has 0 radical (unpaired) electrons. The Kier molecular flexibility index (Phi) is 6.50. The molecule has 2 aliphatic rings. The highest BCUT2D eigenvalue weighted by Crippen LogP contribution is 2.40. The fourth-order valence-electron chi connectivity index (χ4n) is 5.00. The molecule has 33 heavy (non-hydrogen) atoms. The number of fused-ring (bicyclic) bond motifs is 2. The molecule has 0 amide bonds. The van der Waals surface area contributed by atoms with Gasteiger partial charge in [0, 0.05) is 23.5 Å². The Bertz CT molecular complexity index is 1050. The SMILES string of the molecule is FC(F)(F)c1ccc(SNC2CCOC(C3c4ccccc4CCc4ccccc43)C2)cc1. The lowest BCUT2D eigenvalue weighted by molar-refractivity contribution is -0.137. The zero-order chi connectivity index (χ0) is 22.8. The van der Waals surface area contributed by atoms with Crippen LogP contribution in [0.2, 0.25) is 0 Å². The average Bonchev–Trinajstić information content (AvgIpc) is 3.00. The van der Waals surface area contributed by atoms with Gasteiger partial charge in [-0.1, -0.05) is 48.5 Å². The predicted molar refractivity (Wildman–Crippen MR) is 125 cm³/mol. The van der Waals surface area contributed by atoms with Crippen molar-refractivity contribution < 1.29 is 17.9 Å². The highest BCUT2D eigenvalue weighted by molar-refractivity contribution is 7.97. The van der Waals surface area contributed by atoms with Crippen LogP contribution in [0.5, 0.6) is 0 Å². The molecule has 1 aliphatic heterocycles. The van der Waals surface area contributed by atoms with Crippen LogP contribution in [0.3, 0.4) is 0 Å². The highest BCUT2D eigenvalue weighted by atomic mass is 32.2. The summed E-state index contributed by atoms with van der Waals surface area (Å²) in [6, 6.07) is 22.9. The van der Waals surface area contributed by atoms with Gasteiger partial charge in [0.05, 0.1) is 11.7 Å². The first kappa shape index (κ1) is 22.5. The van der Waals surface area contributed by atoms with E-state index in [0.29, 0.717) is 6.61 Å². The predicted octanol–water partition coefficient (Wildman–Crippen LogP) is 6.78. The Labute approximate surface area is 196 Å².